The molecule has 3 rings (SSSR count). The molecule has 1 fully saturated rings. The van der Waals surface area contributed by atoms with Gasteiger partial charge in [-0.1, -0.05) is 50.3 Å². The maximum atomic E-state index is 3.92. The van der Waals surface area contributed by atoms with Crippen molar-refractivity contribution in [3.63, 3.8) is 0 Å². The third kappa shape index (κ3) is 2.92. The average molecular weight is 261 g/mol. The Bertz CT molecular complexity index is 382. The van der Waals surface area contributed by atoms with Crippen molar-refractivity contribution in [2.45, 2.75) is 61.9 Å². The predicted octanol–water partition coefficient (Wildman–Crippen LogP) is 4.54. The van der Waals surface area contributed by atoms with Crippen LogP contribution in [0.2, 0.25) is 0 Å². The number of thioether (sulfide) groups is 1. The van der Waals surface area contributed by atoms with Crippen LogP contribution < -0.4 is 5.32 Å². The van der Waals surface area contributed by atoms with Gasteiger partial charge < -0.3 is 5.32 Å². The fourth-order valence-corrected chi connectivity index (χ4v) is 4.38. The number of benzene rings is 1. The smallest absolute Gasteiger partial charge is 0.0428 e. The molecule has 0 amide bonds. The molecule has 0 aromatic heterocycles. The van der Waals surface area contributed by atoms with E-state index in [1.54, 1.807) is 0 Å². The molecule has 1 N–H and O–H groups in total. The summed E-state index contributed by atoms with van der Waals surface area (Å²) >= 11 is 2.01. The van der Waals surface area contributed by atoms with Crippen molar-refractivity contribution in [1.82, 2.24) is 5.32 Å². The van der Waals surface area contributed by atoms with E-state index in [0.717, 1.165) is 6.04 Å². The van der Waals surface area contributed by atoms with E-state index >= 15 is 0 Å². The minimum absolute atomic E-state index is 0.593. The van der Waals surface area contributed by atoms with Crippen LogP contribution in [0.25, 0.3) is 0 Å². The average Bonchev–Trinajstić information content (AvgIpc) is 2.76. The molecule has 98 valence electrons. The van der Waals surface area contributed by atoms with E-state index in [1.807, 2.05) is 11.8 Å². The molecule has 1 nitrogen and oxygen atoms in total. The molecule has 0 radical (unpaired) electrons. The Labute approximate surface area is 115 Å². The first-order valence-electron chi connectivity index (χ1n) is 7.41. The summed E-state index contributed by atoms with van der Waals surface area (Å²) < 4.78 is 0. The molecule has 0 bridgehead atoms. The zero-order valence-electron chi connectivity index (χ0n) is 11.0. The molecular formula is C16H23NS. The van der Waals surface area contributed by atoms with Crippen molar-refractivity contribution in [2.75, 3.05) is 5.75 Å². The Kier molecular flexibility index (Phi) is 4.27. The summed E-state index contributed by atoms with van der Waals surface area (Å²) in [6.45, 7) is 0. The Morgan fingerprint density at radius 2 is 1.67 bits per heavy atom. The van der Waals surface area contributed by atoms with Crippen LogP contribution in [-0.2, 0) is 0 Å². The maximum Gasteiger partial charge on any atom is 0.0428 e. The molecule has 1 heterocycles. The standard InChI is InChI=1S/C16H23NS/c1-2-4-8-13(9-5-3-1)17-15-12-18-16-11-7-6-10-14(15)16/h6-7,10-11,13,15,17H,1-5,8-9,12H2. The van der Waals surface area contributed by atoms with Crippen LogP contribution in [0.4, 0.5) is 0 Å². The fraction of sp³-hybridized carbons (Fsp3) is 0.625. The first kappa shape index (κ1) is 12.6. The lowest BCUT2D eigenvalue weighted by Crippen LogP contribution is -2.33. The predicted molar refractivity (Wildman–Crippen MR) is 79.1 cm³/mol. The third-order valence-corrected chi connectivity index (χ3v) is 5.42. The van der Waals surface area contributed by atoms with Gasteiger partial charge in [0.05, 0.1) is 0 Å². The van der Waals surface area contributed by atoms with E-state index in [9.17, 15) is 0 Å². The van der Waals surface area contributed by atoms with Crippen LogP contribution >= 0.6 is 11.8 Å². The number of fused-ring (bicyclic) bond motifs is 1. The van der Waals surface area contributed by atoms with Crippen LogP contribution in [0.3, 0.4) is 0 Å². The Morgan fingerprint density at radius 3 is 2.50 bits per heavy atom. The number of hydrogen-bond donors (Lipinski definition) is 1. The Hall–Kier alpha value is -0.470. The normalized spacial score (nSPS) is 25.4. The number of nitrogens with one attached hydrogen (secondary N) is 1. The Balaban J connectivity index is 1.62. The molecule has 1 atom stereocenters. The second-order valence-corrected chi connectivity index (χ2v) is 6.67. The lowest BCUT2D eigenvalue weighted by atomic mass is 9.95. The molecule has 0 spiro atoms. The second-order valence-electron chi connectivity index (χ2n) is 5.61. The summed E-state index contributed by atoms with van der Waals surface area (Å²) in [6, 6.07) is 10.2. The van der Waals surface area contributed by atoms with Gasteiger partial charge >= 0.3 is 0 Å². The van der Waals surface area contributed by atoms with E-state index in [2.05, 4.69) is 29.6 Å². The monoisotopic (exact) mass is 261 g/mol. The lowest BCUT2D eigenvalue weighted by Gasteiger charge is -2.25. The fourth-order valence-electron chi connectivity index (χ4n) is 3.21. The molecule has 2 heteroatoms. The van der Waals surface area contributed by atoms with Gasteiger partial charge in [0.1, 0.15) is 0 Å². The first-order chi connectivity index (χ1) is 8.93. The van der Waals surface area contributed by atoms with Crippen LogP contribution in [0.1, 0.15) is 56.6 Å². The van der Waals surface area contributed by atoms with Gasteiger partial charge in [-0.3, -0.25) is 0 Å². The zero-order chi connectivity index (χ0) is 12.2. The van der Waals surface area contributed by atoms with Gasteiger partial charge in [-0.15, -0.1) is 11.8 Å². The first-order valence-corrected chi connectivity index (χ1v) is 8.40. The summed E-state index contributed by atoms with van der Waals surface area (Å²) in [6.07, 6.45) is 9.92. The highest BCUT2D eigenvalue weighted by Gasteiger charge is 2.24. The van der Waals surface area contributed by atoms with Gasteiger partial charge in [0.2, 0.25) is 0 Å². The molecule has 1 aromatic carbocycles. The molecule has 1 unspecified atom stereocenters. The van der Waals surface area contributed by atoms with Gasteiger partial charge in [0, 0.05) is 22.7 Å². The topological polar surface area (TPSA) is 12.0 Å². The van der Waals surface area contributed by atoms with Crippen LogP contribution in [0.15, 0.2) is 29.2 Å². The molecule has 2 aliphatic rings. The number of hydrogen-bond acceptors (Lipinski definition) is 2. The van der Waals surface area contributed by atoms with Gasteiger partial charge in [-0.05, 0) is 24.5 Å². The van der Waals surface area contributed by atoms with Crippen LogP contribution in [0.5, 0.6) is 0 Å². The van der Waals surface area contributed by atoms with E-state index in [0.29, 0.717) is 6.04 Å². The molecule has 0 saturated heterocycles. The molecule has 1 aliphatic carbocycles. The quantitative estimate of drug-likeness (QED) is 0.839. The van der Waals surface area contributed by atoms with Gasteiger partial charge in [0.25, 0.3) is 0 Å². The molecule has 18 heavy (non-hydrogen) atoms. The van der Waals surface area contributed by atoms with Crippen LogP contribution in [0, 0.1) is 0 Å². The second kappa shape index (κ2) is 6.12. The summed E-state index contributed by atoms with van der Waals surface area (Å²) in [5.74, 6) is 1.22. The number of rotatable bonds is 2. The van der Waals surface area contributed by atoms with Crippen LogP contribution in [-0.4, -0.2) is 11.8 Å². The molecule has 1 saturated carbocycles. The molecule has 1 aliphatic heterocycles. The summed E-state index contributed by atoms with van der Waals surface area (Å²) in [5, 5.41) is 3.92. The van der Waals surface area contributed by atoms with Crippen molar-refractivity contribution in [3.8, 4) is 0 Å². The van der Waals surface area contributed by atoms with E-state index in [1.165, 1.54) is 61.2 Å². The van der Waals surface area contributed by atoms with Crippen molar-refractivity contribution in [2.24, 2.45) is 0 Å². The highest BCUT2D eigenvalue weighted by Crippen LogP contribution is 2.38. The Morgan fingerprint density at radius 1 is 0.944 bits per heavy atom. The zero-order valence-corrected chi connectivity index (χ0v) is 11.8. The van der Waals surface area contributed by atoms with Crippen molar-refractivity contribution < 1.29 is 0 Å². The van der Waals surface area contributed by atoms with Gasteiger partial charge in [0.15, 0.2) is 0 Å². The molecular weight excluding hydrogens is 238 g/mol. The van der Waals surface area contributed by atoms with Gasteiger partial charge in [-0.25, -0.2) is 0 Å². The van der Waals surface area contributed by atoms with E-state index < -0.39 is 0 Å². The highest BCUT2D eigenvalue weighted by molar-refractivity contribution is 7.99. The van der Waals surface area contributed by atoms with Gasteiger partial charge in [-0.2, -0.15) is 0 Å². The summed E-state index contributed by atoms with van der Waals surface area (Å²) in [4.78, 5) is 1.49. The highest BCUT2D eigenvalue weighted by atomic mass is 32.2. The summed E-state index contributed by atoms with van der Waals surface area (Å²) in [5.41, 5.74) is 1.53. The largest absolute Gasteiger partial charge is 0.306 e. The van der Waals surface area contributed by atoms with E-state index in [-0.39, 0.29) is 0 Å². The maximum absolute atomic E-state index is 3.92. The molecule has 1 aromatic rings. The lowest BCUT2D eigenvalue weighted by molar-refractivity contribution is 0.365. The minimum Gasteiger partial charge on any atom is -0.306 e. The van der Waals surface area contributed by atoms with Crippen molar-refractivity contribution in [1.29, 1.82) is 0 Å². The van der Waals surface area contributed by atoms with Crippen molar-refractivity contribution >= 4 is 11.8 Å². The van der Waals surface area contributed by atoms with Crippen molar-refractivity contribution in [3.05, 3.63) is 29.8 Å². The summed E-state index contributed by atoms with van der Waals surface area (Å²) in [7, 11) is 0. The van der Waals surface area contributed by atoms with E-state index in [4.69, 9.17) is 0 Å². The minimum atomic E-state index is 0.593. The third-order valence-electron chi connectivity index (χ3n) is 4.24. The SMILES string of the molecule is c1ccc2c(c1)SCC2NC1CCCCCCC1.